The van der Waals surface area contributed by atoms with E-state index in [-0.39, 0.29) is 17.9 Å². The zero-order valence-corrected chi connectivity index (χ0v) is 16.1. The molecule has 0 saturated carbocycles. The summed E-state index contributed by atoms with van der Waals surface area (Å²) in [6.45, 7) is 8.64. The maximum atomic E-state index is 12.2. The van der Waals surface area contributed by atoms with Crippen molar-refractivity contribution in [2.75, 3.05) is 32.8 Å². The number of carbonyl (C=O) groups is 1. The van der Waals surface area contributed by atoms with Crippen molar-refractivity contribution in [1.82, 2.24) is 19.9 Å². The summed E-state index contributed by atoms with van der Waals surface area (Å²) in [5.41, 5.74) is 0.173. The van der Waals surface area contributed by atoms with Gasteiger partial charge in [-0.25, -0.2) is 0 Å². The summed E-state index contributed by atoms with van der Waals surface area (Å²) in [4.78, 5) is 21.1. The van der Waals surface area contributed by atoms with Crippen LogP contribution in [0.5, 0.6) is 0 Å². The number of nitrogens with zero attached hydrogens (tertiary/aromatic N) is 4. The van der Waals surface area contributed by atoms with Crippen molar-refractivity contribution >= 4 is 5.91 Å². The van der Waals surface area contributed by atoms with Crippen molar-refractivity contribution < 1.29 is 14.4 Å². The van der Waals surface area contributed by atoms with Gasteiger partial charge in [-0.05, 0) is 38.1 Å². The van der Waals surface area contributed by atoms with E-state index in [0.717, 1.165) is 57.0 Å². The molecule has 26 heavy (non-hydrogen) atoms. The van der Waals surface area contributed by atoms with Crippen molar-refractivity contribution in [3.8, 4) is 0 Å². The molecule has 2 saturated heterocycles. The van der Waals surface area contributed by atoms with Gasteiger partial charge in [0, 0.05) is 44.5 Å². The molecule has 0 radical (unpaired) electrons. The predicted molar refractivity (Wildman–Crippen MR) is 97.3 cm³/mol. The molecule has 1 atom stereocenters. The molecule has 1 aromatic rings. The molecule has 1 aromatic heterocycles. The van der Waals surface area contributed by atoms with Crippen LogP contribution in [0.15, 0.2) is 4.52 Å². The second-order valence-electron chi connectivity index (χ2n) is 8.41. The third-order valence-corrected chi connectivity index (χ3v) is 5.53. The fourth-order valence-electron chi connectivity index (χ4n) is 4.33. The van der Waals surface area contributed by atoms with E-state index in [1.165, 1.54) is 0 Å². The largest absolute Gasteiger partial charge is 0.396 e. The topological polar surface area (TPSA) is 82.7 Å². The SMILES string of the molecule is CC(C)Cc1nc(CN2CCC[C@]3(CCC(=O)N(CCCO)C3)C2)no1. The van der Waals surface area contributed by atoms with E-state index in [1.807, 2.05) is 4.90 Å². The lowest BCUT2D eigenvalue weighted by molar-refractivity contribution is -0.139. The molecule has 2 fully saturated rings. The van der Waals surface area contributed by atoms with Gasteiger partial charge in [0.05, 0.1) is 6.54 Å². The smallest absolute Gasteiger partial charge is 0.226 e. The highest BCUT2D eigenvalue weighted by atomic mass is 16.5. The van der Waals surface area contributed by atoms with Crippen LogP contribution >= 0.6 is 0 Å². The number of rotatable bonds is 7. The second-order valence-corrected chi connectivity index (χ2v) is 8.41. The number of hydrogen-bond acceptors (Lipinski definition) is 6. The molecule has 3 rings (SSSR count). The first-order valence-corrected chi connectivity index (χ1v) is 9.92. The third kappa shape index (κ3) is 4.82. The minimum Gasteiger partial charge on any atom is -0.396 e. The van der Waals surface area contributed by atoms with Crippen LogP contribution in [-0.2, 0) is 17.8 Å². The van der Waals surface area contributed by atoms with E-state index in [2.05, 4.69) is 28.9 Å². The van der Waals surface area contributed by atoms with Crippen molar-refractivity contribution in [3.05, 3.63) is 11.7 Å². The fraction of sp³-hybridized carbons (Fsp3) is 0.842. The van der Waals surface area contributed by atoms with Gasteiger partial charge in [-0.15, -0.1) is 0 Å². The second kappa shape index (κ2) is 8.48. The van der Waals surface area contributed by atoms with E-state index < -0.39 is 0 Å². The van der Waals surface area contributed by atoms with Gasteiger partial charge in [0.25, 0.3) is 0 Å². The van der Waals surface area contributed by atoms with Crippen LogP contribution in [0.3, 0.4) is 0 Å². The summed E-state index contributed by atoms with van der Waals surface area (Å²) in [6.07, 6.45) is 5.37. The van der Waals surface area contributed by atoms with Gasteiger partial charge in [-0.1, -0.05) is 19.0 Å². The molecule has 146 valence electrons. The highest BCUT2D eigenvalue weighted by molar-refractivity contribution is 5.77. The highest BCUT2D eigenvalue weighted by Gasteiger charge is 2.41. The van der Waals surface area contributed by atoms with Crippen LogP contribution in [0.4, 0.5) is 0 Å². The average molecular weight is 364 g/mol. The quantitative estimate of drug-likeness (QED) is 0.795. The molecule has 7 nitrogen and oxygen atoms in total. The molecule has 1 amide bonds. The van der Waals surface area contributed by atoms with E-state index in [9.17, 15) is 4.79 Å². The zero-order chi connectivity index (χ0) is 18.6. The van der Waals surface area contributed by atoms with Crippen LogP contribution < -0.4 is 0 Å². The molecule has 0 aliphatic carbocycles. The van der Waals surface area contributed by atoms with Crippen LogP contribution in [0.25, 0.3) is 0 Å². The Bertz CT molecular complexity index is 603. The molecule has 1 spiro atoms. The lowest BCUT2D eigenvalue weighted by Crippen LogP contribution is -2.54. The number of amides is 1. The standard InChI is InChI=1S/C19H32N4O3/c1-15(2)11-17-20-16(21-26-17)12-22-8-3-6-19(13-22)7-5-18(25)23(14-19)9-4-10-24/h15,24H,3-14H2,1-2H3/t19-/m0/s1. The third-order valence-electron chi connectivity index (χ3n) is 5.53. The van der Waals surface area contributed by atoms with Crippen molar-refractivity contribution in [2.45, 2.75) is 58.9 Å². The van der Waals surface area contributed by atoms with Gasteiger partial charge >= 0.3 is 0 Å². The van der Waals surface area contributed by atoms with Crippen LogP contribution in [-0.4, -0.2) is 63.7 Å². The Labute approximate surface area is 155 Å². The summed E-state index contributed by atoms with van der Waals surface area (Å²) < 4.78 is 5.37. The Morgan fingerprint density at radius 2 is 2.15 bits per heavy atom. The average Bonchev–Trinajstić information content (AvgIpc) is 3.02. The Kier molecular flexibility index (Phi) is 6.29. The van der Waals surface area contributed by atoms with Gasteiger partial charge in [-0.3, -0.25) is 9.69 Å². The van der Waals surface area contributed by atoms with Gasteiger partial charge in [0.15, 0.2) is 5.82 Å². The van der Waals surface area contributed by atoms with E-state index in [1.54, 1.807) is 0 Å². The van der Waals surface area contributed by atoms with Gasteiger partial charge < -0.3 is 14.5 Å². The monoisotopic (exact) mass is 364 g/mol. The number of aromatic nitrogens is 2. The molecule has 7 heteroatoms. The lowest BCUT2D eigenvalue weighted by atomic mass is 9.73. The Morgan fingerprint density at radius 3 is 2.92 bits per heavy atom. The summed E-state index contributed by atoms with van der Waals surface area (Å²) in [5.74, 6) is 2.23. The van der Waals surface area contributed by atoms with Crippen LogP contribution in [0.1, 0.15) is 57.7 Å². The Balaban J connectivity index is 1.59. The number of piperidine rings is 2. The van der Waals surface area contributed by atoms with Crippen molar-refractivity contribution in [2.24, 2.45) is 11.3 Å². The maximum Gasteiger partial charge on any atom is 0.226 e. The first-order chi connectivity index (χ1) is 12.5. The molecule has 0 aromatic carbocycles. The lowest BCUT2D eigenvalue weighted by Gasteiger charge is -2.48. The maximum absolute atomic E-state index is 12.2. The number of aliphatic hydroxyl groups is 1. The first kappa shape index (κ1) is 19.3. The van der Waals surface area contributed by atoms with Gasteiger partial charge in [0.1, 0.15) is 0 Å². The first-order valence-electron chi connectivity index (χ1n) is 9.92. The molecule has 2 aliphatic rings. The highest BCUT2D eigenvalue weighted by Crippen LogP contribution is 2.39. The van der Waals surface area contributed by atoms with Crippen LogP contribution in [0.2, 0.25) is 0 Å². The Hall–Kier alpha value is -1.47. The summed E-state index contributed by atoms with van der Waals surface area (Å²) >= 11 is 0. The molecule has 0 unspecified atom stereocenters. The number of carbonyl (C=O) groups excluding carboxylic acids is 1. The molecule has 2 aliphatic heterocycles. The van der Waals surface area contributed by atoms with E-state index >= 15 is 0 Å². The minimum absolute atomic E-state index is 0.138. The molecular formula is C19H32N4O3. The predicted octanol–water partition coefficient (Wildman–Crippen LogP) is 1.86. The normalized spacial score (nSPS) is 24.8. The summed E-state index contributed by atoms with van der Waals surface area (Å²) in [7, 11) is 0. The Morgan fingerprint density at radius 1 is 1.31 bits per heavy atom. The number of aliphatic hydroxyl groups excluding tert-OH is 1. The van der Waals surface area contributed by atoms with Crippen LogP contribution in [0, 0.1) is 11.3 Å². The van der Waals surface area contributed by atoms with Crippen molar-refractivity contribution in [1.29, 1.82) is 0 Å². The number of likely N-dealkylation sites (tertiary alicyclic amines) is 2. The molecule has 0 bridgehead atoms. The molecule has 3 heterocycles. The molecular weight excluding hydrogens is 332 g/mol. The number of hydrogen-bond donors (Lipinski definition) is 1. The fourth-order valence-corrected chi connectivity index (χ4v) is 4.33. The molecule has 1 N–H and O–H groups in total. The minimum atomic E-state index is 0.138. The van der Waals surface area contributed by atoms with Gasteiger partial charge in [-0.2, -0.15) is 4.98 Å². The van der Waals surface area contributed by atoms with E-state index in [0.29, 0.717) is 31.8 Å². The van der Waals surface area contributed by atoms with Crippen molar-refractivity contribution in [3.63, 3.8) is 0 Å². The summed E-state index contributed by atoms with van der Waals surface area (Å²) in [5, 5.41) is 13.2. The van der Waals surface area contributed by atoms with Gasteiger partial charge in [0.2, 0.25) is 11.8 Å². The van der Waals surface area contributed by atoms with E-state index in [4.69, 9.17) is 9.63 Å². The summed E-state index contributed by atoms with van der Waals surface area (Å²) in [6, 6.07) is 0. The zero-order valence-electron chi connectivity index (χ0n) is 16.1.